The van der Waals surface area contributed by atoms with Gasteiger partial charge in [-0.05, 0) is 30.5 Å². The number of carbonyl (C=O) groups is 1. The first-order chi connectivity index (χ1) is 12.6. The van der Waals surface area contributed by atoms with E-state index in [1.807, 2.05) is 17.5 Å². The average molecular weight is 374 g/mol. The third-order valence-corrected chi connectivity index (χ3v) is 4.18. The van der Waals surface area contributed by atoms with E-state index < -0.39 is 10.9 Å². The van der Waals surface area contributed by atoms with Crippen LogP contribution < -0.4 is 4.74 Å². The Labute approximate surface area is 152 Å². The van der Waals surface area contributed by atoms with Crippen LogP contribution in [0.3, 0.4) is 0 Å². The van der Waals surface area contributed by atoms with Crippen molar-refractivity contribution in [1.29, 1.82) is 0 Å². The Balaban J connectivity index is 1.68. The maximum absolute atomic E-state index is 12.2. The summed E-state index contributed by atoms with van der Waals surface area (Å²) in [5, 5.41) is 13.0. The van der Waals surface area contributed by atoms with Gasteiger partial charge in [-0.25, -0.2) is 9.78 Å². The highest BCUT2D eigenvalue weighted by molar-refractivity contribution is 7.13. The molecule has 0 spiro atoms. The van der Waals surface area contributed by atoms with Gasteiger partial charge in [0.1, 0.15) is 18.6 Å². The second-order valence-corrected chi connectivity index (χ2v) is 6.02. The van der Waals surface area contributed by atoms with Crippen molar-refractivity contribution >= 4 is 23.0 Å². The normalized spacial score (nSPS) is 10.5. The minimum absolute atomic E-state index is 0.0575. The minimum Gasteiger partial charge on any atom is -0.487 e. The Hall–Kier alpha value is -3.20. The van der Waals surface area contributed by atoms with Crippen LogP contribution in [0.2, 0.25) is 0 Å². The van der Waals surface area contributed by atoms with Gasteiger partial charge in [-0.2, -0.15) is 0 Å². The van der Waals surface area contributed by atoms with E-state index in [2.05, 4.69) is 4.98 Å². The molecule has 0 amide bonds. The zero-order valence-electron chi connectivity index (χ0n) is 13.7. The lowest BCUT2D eigenvalue weighted by molar-refractivity contribution is -0.385. The third-order valence-electron chi connectivity index (χ3n) is 3.33. The summed E-state index contributed by atoms with van der Waals surface area (Å²) >= 11 is 1.48. The van der Waals surface area contributed by atoms with Crippen molar-refractivity contribution in [3.63, 3.8) is 0 Å². The molecule has 9 heteroatoms. The number of hydrogen-bond donors (Lipinski definition) is 0. The number of benzene rings is 1. The fourth-order valence-electron chi connectivity index (χ4n) is 2.17. The lowest BCUT2D eigenvalue weighted by Crippen LogP contribution is -2.07. The van der Waals surface area contributed by atoms with Gasteiger partial charge in [0.25, 0.3) is 0 Å². The molecule has 0 aliphatic carbocycles. The van der Waals surface area contributed by atoms with Crippen LogP contribution in [0.25, 0.3) is 10.8 Å². The zero-order valence-corrected chi connectivity index (χ0v) is 14.5. The molecule has 134 valence electrons. The van der Waals surface area contributed by atoms with Gasteiger partial charge in [-0.3, -0.25) is 10.1 Å². The van der Waals surface area contributed by atoms with E-state index in [9.17, 15) is 14.9 Å². The van der Waals surface area contributed by atoms with Crippen molar-refractivity contribution in [3.8, 4) is 16.5 Å². The second-order valence-electron chi connectivity index (χ2n) is 5.07. The van der Waals surface area contributed by atoms with Gasteiger partial charge in [-0.15, -0.1) is 11.3 Å². The largest absolute Gasteiger partial charge is 0.487 e. The number of aromatic nitrogens is 1. The summed E-state index contributed by atoms with van der Waals surface area (Å²) in [5.74, 6) is -0.147. The lowest BCUT2D eigenvalue weighted by atomic mass is 10.2. The molecule has 0 atom stereocenters. The first kappa shape index (κ1) is 17.6. The molecule has 0 aliphatic rings. The maximum Gasteiger partial charge on any atom is 0.338 e. The highest BCUT2D eigenvalue weighted by Gasteiger charge is 2.19. The van der Waals surface area contributed by atoms with Crippen molar-refractivity contribution in [2.75, 3.05) is 6.61 Å². The minimum atomic E-state index is -0.697. The van der Waals surface area contributed by atoms with E-state index in [-0.39, 0.29) is 30.2 Å². The van der Waals surface area contributed by atoms with Crippen LogP contribution in [0.4, 0.5) is 5.69 Å². The van der Waals surface area contributed by atoms with Crippen LogP contribution in [-0.2, 0) is 11.3 Å². The molecule has 8 nitrogen and oxygen atoms in total. The molecule has 0 saturated heterocycles. The van der Waals surface area contributed by atoms with E-state index in [4.69, 9.17) is 13.9 Å². The molecule has 0 bridgehead atoms. The van der Waals surface area contributed by atoms with E-state index in [1.165, 1.54) is 29.7 Å². The van der Waals surface area contributed by atoms with E-state index in [0.29, 0.717) is 11.6 Å². The predicted octanol–water partition coefficient (Wildman–Crippen LogP) is 4.07. The molecular weight excluding hydrogens is 360 g/mol. The topological polar surface area (TPSA) is 105 Å². The summed E-state index contributed by atoms with van der Waals surface area (Å²) in [6.07, 6.45) is 1.41. The molecule has 2 aromatic heterocycles. The van der Waals surface area contributed by atoms with Crippen LogP contribution >= 0.6 is 11.3 Å². The quantitative estimate of drug-likeness (QED) is 0.349. The summed E-state index contributed by atoms with van der Waals surface area (Å²) in [7, 11) is 0. The number of hydrogen-bond acceptors (Lipinski definition) is 8. The first-order valence-electron chi connectivity index (χ1n) is 7.65. The third kappa shape index (κ3) is 3.89. The van der Waals surface area contributed by atoms with Gasteiger partial charge >= 0.3 is 11.7 Å². The predicted molar refractivity (Wildman–Crippen MR) is 93.2 cm³/mol. The van der Waals surface area contributed by atoms with Gasteiger partial charge in [0.15, 0.2) is 5.75 Å². The Morgan fingerprint density at radius 1 is 1.38 bits per heavy atom. The van der Waals surface area contributed by atoms with Gasteiger partial charge in [0.05, 0.1) is 22.0 Å². The SMILES string of the molecule is CCOc1ccc(C(=O)OCc2coc(-c3cccs3)n2)cc1[N+](=O)[O-]. The number of thiophene rings is 1. The summed E-state index contributed by atoms with van der Waals surface area (Å²) in [5.41, 5.74) is 0.215. The Morgan fingerprint density at radius 3 is 2.92 bits per heavy atom. The van der Waals surface area contributed by atoms with Crippen molar-refractivity contribution in [3.05, 3.63) is 63.3 Å². The number of esters is 1. The second kappa shape index (κ2) is 7.79. The van der Waals surface area contributed by atoms with E-state index in [0.717, 1.165) is 10.9 Å². The standard InChI is InChI=1S/C17H14N2O6S/c1-2-23-14-6-5-11(8-13(14)19(21)22)17(20)25-10-12-9-24-16(18-12)15-4-3-7-26-15/h3-9H,2,10H2,1H3. The first-order valence-corrected chi connectivity index (χ1v) is 8.53. The summed E-state index contributed by atoms with van der Waals surface area (Å²) in [4.78, 5) is 27.8. The van der Waals surface area contributed by atoms with E-state index in [1.54, 1.807) is 6.92 Å². The molecule has 3 aromatic rings. The molecule has 0 aliphatic heterocycles. The molecule has 26 heavy (non-hydrogen) atoms. The van der Waals surface area contributed by atoms with Crippen molar-refractivity contribution in [2.45, 2.75) is 13.5 Å². The van der Waals surface area contributed by atoms with Crippen molar-refractivity contribution in [2.24, 2.45) is 0 Å². The molecular formula is C17H14N2O6S. The number of nitrogens with zero attached hydrogens (tertiary/aromatic N) is 2. The Kier molecular flexibility index (Phi) is 5.28. The van der Waals surface area contributed by atoms with Crippen LogP contribution in [-0.4, -0.2) is 22.5 Å². The average Bonchev–Trinajstić information content (AvgIpc) is 3.31. The summed E-state index contributed by atoms with van der Waals surface area (Å²) in [6.45, 7) is 1.90. The van der Waals surface area contributed by atoms with Crippen LogP contribution in [0.15, 0.2) is 46.4 Å². The number of nitro benzene ring substituents is 1. The molecule has 0 unspecified atom stereocenters. The van der Waals surface area contributed by atoms with Crippen LogP contribution in [0.1, 0.15) is 23.0 Å². The number of oxazole rings is 1. The van der Waals surface area contributed by atoms with E-state index >= 15 is 0 Å². The molecule has 2 heterocycles. The molecule has 0 fully saturated rings. The zero-order chi connectivity index (χ0) is 18.5. The number of rotatable bonds is 7. The number of nitro groups is 1. The molecule has 0 radical (unpaired) electrons. The summed E-state index contributed by atoms with van der Waals surface area (Å²) in [6, 6.07) is 7.67. The number of carbonyl (C=O) groups excluding carboxylic acids is 1. The molecule has 3 rings (SSSR count). The van der Waals surface area contributed by atoms with Crippen molar-refractivity contribution in [1.82, 2.24) is 4.98 Å². The van der Waals surface area contributed by atoms with Crippen LogP contribution in [0.5, 0.6) is 5.75 Å². The molecule has 0 saturated carbocycles. The lowest BCUT2D eigenvalue weighted by Gasteiger charge is -2.06. The fraction of sp³-hybridized carbons (Fsp3) is 0.176. The fourth-order valence-corrected chi connectivity index (χ4v) is 2.83. The maximum atomic E-state index is 12.2. The number of ether oxygens (including phenoxy) is 2. The van der Waals surface area contributed by atoms with Crippen LogP contribution in [0, 0.1) is 10.1 Å². The summed E-state index contributed by atoms with van der Waals surface area (Å²) < 4.78 is 15.7. The molecule has 0 N–H and O–H groups in total. The Morgan fingerprint density at radius 2 is 2.23 bits per heavy atom. The Bertz CT molecular complexity index is 919. The smallest absolute Gasteiger partial charge is 0.338 e. The van der Waals surface area contributed by atoms with Crippen molar-refractivity contribution < 1.29 is 23.6 Å². The van der Waals surface area contributed by atoms with Gasteiger partial charge in [0.2, 0.25) is 5.89 Å². The van der Waals surface area contributed by atoms with Gasteiger partial charge < -0.3 is 13.9 Å². The highest BCUT2D eigenvalue weighted by Crippen LogP contribution is 2.28. The van der Waals surface area contributed by atoms with Gasteiger partial charge in [-0.1, -0.05) is 6.07 Å². The van der Waals surface area contributed by atoms with Gasteiger partial charge in [0, 0.05) is 6.07 Å². The molecule has 1 aromatic carbocycles. The monoisotopic (exact) mass is 374 g/mol. The highest BCUT2D eigenvalue weighted by atomic mass is 32.1.